The van der Waals surface area contributed by atoms with Crippen molar-refractivity contribution in [1.82, 2.24) is 4.98 Å². The van der Waals surface area contributed by atoms with Crippen LogP contribution in [0.3, 0.4) is 0 Å². The van der Waals surface area contributed by atoms with Crippen LogP contribution in [-0.4, -0.2) is 16.1 Å². The van der Waals surface area contributed by atoms with Crippen LogP contribution in [0.2, 0.25) is 5.02 Å². The zero-order valence-electron chi connectivity index (χ0n) is 10.0. The third-order valence-corrected chi connectivity index (χ3v) is 2.82. The molecule has 2 rings (SSSR count). The minimum Gasteiger partial charge on any atom is -0.478 e. The Hall–Kier alpha value is -2.21. The first-order chi connectivity index (χ1) is 9.47. The van der Waals surface area contributed by atoms with Crippen LogP contribution in [-0.2, 0) is 6.54 Å². The maximum Gasteiger partial charge on any atom is 0.337 e. The van der Waals surface area contributed by atoms with Crippen molar-refractivity contribution in [2.24, 2.45) is 0 Å². The Morgan fingerprint density at radius 2 is 2.05 bits per heavy atom. The van der Waals surface area contributed by atoms with Crippen LogP contribution in [0.25, 0.3) is 0 Å². The summed E-state index contributed by atoms with van der Waals surface area (Å²) in [6.45, 7) is 0.177. The fourth-order valence-corrected chi connectivity index (χ4v) is 1.75. The molecule has 0 aliphatic heterocycles. The summed E-state index contributed by atoms with van der Waals surface area (Å²) in [5.41, 5.74) is 0.470. The van der Waals surface area contributed by atoms with Gasteiger partial charge in [0.05, 0.1) is 10.6 Å². The summed E-state index contributed by atoms with van der Waals surface area (Å²) in [6.07, 6.45) is 1.15. The van der Waals surface area contributed by atoms with Crippen LogP contribution in [0.15, 0.2) is 30.5 Å². The van der Waals surface area contributed by atoms with E-state index < -0.39 is 17.6 Å². The summed E-state index contributed by atoms with van der Waals surface area (Å²) in [5, 5.41) is 11.7. The predicted octanol–water partition coefficient (Wildman–Crippen LogP) is 3.32. The maximum atomic E-state index is 13.0. The second kappa shape index (κ2) is 5.83. The van der Waals surface area contributed by atoms with E-state index in [1.807, 2.05) is 0 Å². The first-order valence-corrected chi connectivity index (χ1v) is 5.92. The van der Waals surface area contributed by atoms with Gasteiger partial charge in [0.2, 0.25) is 0 Å². The molecule has 0 spiro atoms. The third-order valence-electron chi connectivity index (χ3n) is 2.53. The number of halogens is 3. The number of rotatable bonds is 4. The van der Waals surface area contributed by atoms with E-state index in [2.05, 4.69) is 10.3 Å². The van der Waals surface area contributed by atoms with Gasteiger partial charge in [0.1, 0.15) is 5.82 Å². The molecular weight excluding hydrogens is 290 g/mol. The molecule has 0 bridgehead atoms. The Morgan fingerprint density at radius 1 is 1.30 bits per heavy atom. The highest BCUT2D eigenvalue weighted by molar-refractivity contribution is 6.33. The molecule has 0 saturated carbocycles. The van der Waals surface area contributed by atoms with Crippen LogP contribution < -0.4 is 5.32 Å². The first-order valence-electron chi connectivity index (χ1n) is 5.54. The lowest BCUT2D eigenvalue weighted by Crippen LogP contribution is -2.05. The van der Waals surface area contributed by atoms with Gasteiger partial charge in [-0.1, -0.05) is 17.7 Å². The molecule has 0 unspecified atom stereocenters. The number of nitrogens with zero attached hydrogens (tertiary/aromatic N) is 1. The highest BCUT2D eigenvalue weighted by Crippen LogP contribution is 2.21. The summed E-state index contributed by atoms with van der Waals surface area (Å²) in [4.78, 5) is 14.6. The zero-order valence-corrected chi connectivity index (χ0v) is 10.8. The van der Waals surface area contributed by atoms with Gasteiger partial charge in [0, 0.05) is 12.7 Å². The van der Waals surface area contributed by atoms with Crippen molar-refractivity contribution in [3.8, 4) is 0 Å². The van der Waals surface area contributed by atoms with Gasteiger partial charge in [-0.2, -0.15) is 0 Å². The van der Waals surface area contributed by atoms with Crippen molar-refractivity contribution in [3.63, 3.8) is 0 Å². The number of aromatic carboxylic acids is 1. The van der Waals surface area contributed by atoms with E-state index in [0.717, 1.165) is 18.3 Å². The monoisotopic (exact) mass is 298 g/mol. The van der Waals surface area contributed by atoms with Crippen molar-refractivity contribution in [3.05, 3.63) is 58.2 Å². The third kappa shape index (κ3) is 3.21. The topological polar surface area (TPSA) is 62.2 Å². The zero-order chi connectivity index (χ0) is 14.7. The molecule has 1 aromatic heterocycles. The van der Waals surface area contributed by atoms with Gasteiger partial charge >= 0.3 is 5.97 Å². The number of hydrogen-bond donors (Lipinski definition) is 2. The van der Waals surface area contributed by atoms with Crippen molar-refractivity contribution in [2.45, 2.75) is 6.54 Å². The first kappa shape index (κ1) is 14.2. The Kier molecular flexibility index (Phi) is 4.14. The van der Waals surface area contributed by atoms with Crippen LogP contribution >= 0.6 is 11.6 Å². The Labute approximate surface area is 118 Å². The fourth-order valence-electron chi connectivity index (χ4n) is 1.52. The lowest BCUT2D eigenvalue weighted by Gasteiger charge is -2.08. The molecule has 0 saturated heterocycles. The lowest BCUT2D eigenvalue weighted by molar-refractivity contribution is 0.0696. The maximum absolute atomic E-state index is 13.0. The highest BCUT2D eigenvalue weighted by atomic mass is 35.5. The predicted molar refractivity (Wildman–Crippen MR) is 69.9 cm³/mol. The molecule has 2 N–H and O–H groups in total. The number of nitrogens with one attached hydrogen (secondary N) is 1. The van der Waals surface area contributed by atoms with Crippen LogP contribution in [0.1, 0.15) is 15.9 Å². The van der Waals surface area contributed by atoms with Crippen molar-refractivity contribution < 1.29 is 18.7 Å². The molecule has 0 atom stereocenters. The Balaban J connectivity index is 2.10. The fraction of sp³-hybridized carbons (Fsp3) is 0.0769. The Bertz CT molecular complexity index is 665. The van der Waals surface area contributed by atoms with Gasteiger partial charge in [-0.05, 0) is 23.8 Å². The molecule has 0 aliphatic rings. The van der Waals surface area contributed by atoms with Gasteiger partial charge in [-0.15, -0.1) is 0 Å². The number of carbonyl (C=O) groups is 1. The average Bonchev–Trinajstić information content (AvgIpc) is 2.41. The lowest BCUT2D eigenvalue weighted by atomic mass is 10.2. The normalized spacial score (nSPS) is 10.3. The second-order valence-electron chi connectivity index (χ2n) is 3.96. The van der Waals surface area contributed by atoms with Crippen molar-refractivity contribution in [1.29, 1.82) is 0 Å². The van der Waals surface area contributed by atoms with Gasteiger partial charge < -0.3 is 10.4 Å². The number of hydrogen-bond acceptors (Lipinski definition) is 3. The quantitative estimate of drug-likeness (QED) is 0.909. The van der Waals surface area contributed by atoms with E-state index in [9.17, 15) is 13.6 Å². The minimum absolute atomic E-state index is 0.0339. The molecule has 2 aromatic rings. The largest absolute Gasteiger partial charge is 0.478 e. The van der Waals surface area contributed by atoms with E-state index in [4.69, 9.17) is 16.7 Å². The van der Waals surface area contributed by atoms with E-state index in [-0.39, 0.29) is 22.9 Å². The van der Waals surface area contributed by atoms with Gasteiger partial charge in [0.25, 0.3) is 0 Å². The molecule has 0 aliphatic carbocycles. The molecule has 0 fully saturated rings. The Morgan fingerprint density at radius 3 is 2.65 bits per heavy atom. The van der Waals surface area contributed by atoms with Crippen LogP contribution in [0, 0.1) is 11.6 Å². The highest BCUT2D eigenvalue weighted by Gasteiger charge is 2.09. The van der Waals surface area contributed by atoms with Crippen molar-refractivity contribution >= 4 is 23.4 Å². The number of carboxylic acids is 1. The van der Waals surface area contributed by atoms with E-state index in [0.29, 0.717) is 5.56 Å². The number of anilines is 1. The van der Waals surface area contributed by atoms with Gasteiger partial charge in [-0.25, -0.2) is 18.6 Å². The van der Waals surface area contributed by atoms with Crippen LogP contribution in [0.5, 0.6) is 0 Å². The number of aromatic nitrogens is 1. The molecular formula is C13H9ClF2N2O2. The SMILES string of the molecule is O=C(O)c1cnc(NCc2ccc(F)c(F)c2)c(Cl)c1. The molecule has 4 nitrogen and oxygen atoms in total. The van der Waals surface area contributed by atoms with Crippen molar-refractivity contribution in [2.75, 3.05) is 5.32 Å². The summed E-state index contributed by atoms with van der Waals surface area (Å²) < 4.78 is 25.8. The van der Waals surface area contributed by atoms with Crippen LogP contribution in [0.4, 0.5) is 14.6 Å². The summed E-state index contributed by atoms with van der Waals surface area (Å²) in [7, 11) is 0. The summed E-state index contributed by atoms with van der Waals surface area (Å²) in [5.74, 6) is -2.73. The van der Waals surface area contributed by atoms with E-state index >= 15 is 0 Å². The minimum atomic E-state index is -1.13. The number of benzene rings is 1. The average molecular weight is 299 g/mol. The van der Waals surface area contributed by atoms with E-state index in [1.165, 1.54) is 12.1 Å². The number of carboxylic acid groups (broad SMARTS) is 1. The molecule has 0 amide bonds. The van der Waals surface area contributed by atoms with Gasteiger partial charge in [0.15, 0.2) is 11.6 Å². The standard InChI is InChI=1S/C13H9ClF2N2O2/c14-9-4-8(13(19)20)6-18-12(9)17-5-7-1-2-10(15)11(16)3-7/h1-4,6H,5H2,(H,17,18)(H,19,20). The second-order valence-corrected chi connectivity index (χ2v) is 4.37. The smallest absolute Gasteiger partial charge is 0.337 e. The number of pyridine rings is 1. The summed E-state index contributed by atoms with van der Waals surface area (Å²) in [6, 6.07) is 4.76. The molecule has 104 valence electrons. The molecule has 1 aromatic carbocycles. The molecule has 0 radical (unpaired) electrons. The summed E-state index contributed by atoms with van der Waals surface area (Å²) >= 11 is 5.87. The molecule has 20 heavy (non-hydrogen) atoms. The van der Waals surface area contributed by atoms with E-state index in [1.54, 1.807) is 0 Å². The molecule has 7 heteroatoms. The van der Waals surface area contributed by atoms with Gasteiger partial charge in [-0.3, -0.25) is 0 Å². The molecule has 1 heterocycles.